The first-order valence-electron chi connectivity index (χ1n) is 7.35. The second-order valence-electron chi connectivity index (χ2n) is 5.99. The standard InChI is InChI=1S/C13H14ClF3N6/c14-12-20-10-9(18-6-19-10)11(21-12)22-3-7-1-2-8(4-22)23(7)5-13(15,16)17/h6-8H,1-5H2,(H,18,19,20,21). The molecule has 2 aromatic heterocycles. The minimum atomic E-state index is -4.17. The molecule has 6 nitrogen and oxygen atoms in total. The molecule has 2 bridgehead atoms. The lowest BCUT2D eigenvalue weighted by Gasteiger charge is -2.41. The van der Waals surface area contributed by atoms with E-state index in [9.17, 15) is 13.2 Å². The largest absolute Gasteiger partial charge is 0.401 e. The first-order valence-corrected chi connectivity index (χ1v) is 7.72. The van der Waals surface area contributed by atoms with Gasteiger partial charge in [0.25, 0.3) is 0 Å². The van der Waals surface area contributed by atoms with E-state index in [4.69, 9.17) is 11.6 Å². The second kappa shape index (κ2) is 5.20. The van der Waals surface area contributed by atoms with Gasteiger partial charge in [0, 0.05) is 25.2 Å². The van der Waals surface area contributed by atoms with Gasteiger partial charge in [-0.3, -0.25) is 4.90 Å². The molecule has 4 rings (SSSR count). The lowest BCUT2D eigenvalue weighted by Crippen LogP contribution is -2.56. The zero-order valence-corrected chi connectivity index (χ0v) is 12.8. The fourth-order valence-corrected chi connectivity index (χ4v) is 3.81. The highest BCUT2D eigenvalue weighted by molar-refractivity contribution is 6.28. The van der Waals surface area contributed by atoms with Crippen LogP contribution in [0, 0.1) is 0 Å². The maximum Gasteiger partial charge on any atom is 0.401 e. The first kappa shape index (κ1) is 14.9. The number of piperazine rings is 1. The molecule has 2 aliphatic heterocycles. The van der Waals surface area contributed by atoms with Gasteiger partial charge in [0.15, 0.2) is 11.5 Å². The van der Waals surface area contributed by atoms with Crippen molar-refractivity contribution >= 4 is 28.6 Å². The van der Waals surface area contributed by atoms with Crippen molar-refractivity contribution in [1.29, 1.82) is 0 Å². The lowest BCUT2D eigenvalue weighted by atomic mass is 10.2. The molecule has 2 atom stereocenters. The molecular formula is C13H14ClF3N6. The predicted octanol–water partition coefficient (Wildman–Crippen LogP) is 2.22. The first-order chi connectivity index (χ1) is 10.9. The highest BCUT2D eigenvalue weighted by atomic mass is 35.5. The molecule has 0 aliphatic carbocycles. The highest BCUT2D eigenvalue weighted by Crippen LogP contribution is 2.35. The predicted molar refractivity (Wildman–Crippen MR) is 78.5 cm³/mol. The number of hydrogen-bond donors (Lipinski definition) is 1. The van der Waals surface area contributed by atoms with Gasteiger partial charge in [-0.25, -0.2) is 4.98 Å². The van der Waals surface area contributed by atoms with Crippen LogP contribution in [0.15, 0.2) is 6.33 Å². The third kappa shape index (κ3) is 2.72. The van der Waals surface area contributed by atoms with Crippen LogP contribution >= 0.6 is 11.6 Å². The molecule has 2 fully saturated rings. The van der Waals surface area contributed by atoms with Gasteiger partial charge < -0.3 is 9.88 Å². The van der Waals surface area contributed by atoms with Crippen LogP contribution in [0.4, 0.5) is 19.0 Å². The smallest absolute Gasteiger partial charge is 0.352 e. The minimum absolute atomic E-state index is 0.0877. The van der Waals surface area contributed by atoms with Crippen molar-refractivity contribution in [2.75, 3.05) is 24.5 Å². The number of alkyl halides is 3. The molecule has 0 amide bonds. The van der Waals surface area contributed by atoms with E-state index < -0.39 is 12.7 Å². The molecule has 2 unspecified atom stereocenters. The van der Waals surface area contributed by atoms with Crippen molar-refractivity contribution in [2.45, 2.75) is 31.1 Å². The number of aromatic nitrogens is 4. The van der Waals surface area contributed by atoms with Crippen LogP contribution in [0.2, 0.25) is 5.28 Å². The topological polar surface area (TPSA) is 60.9 Å². The van der Waals surface area contributed by atoms with Crippen LogP contribution in [0.1, 0.15) is 12.8 Å². The normalized spacial score (nSPS) is 25.5. The average molecular weight is 347 g/mol. The van der Waals surface area contributed by atoms with E-state index in [0.29, 0.717) is 30.1 Å². The molecule has 2 aromatic rings. The number of anilines is 1. The maximum absolute atomic E-state index is 12.7. The third-order valence-corrected chi connectivity index (χ3v) is 4.70. The Kier molecular flexibility index (Phi) is 3.38. The number of fused-ring (bicyclic) bond motifs is 3. The van der Waals surface area contributed by atoms with E-state index in [1.165, 1.54) is 6.33 Å². The van der Waals surface area contributed by atoms with Crippen molar-refractivity contribution in [2.24, 2.45) is 0 Å². The van der Waals surface area contributed by atoms with Crippen molar-refractivity contribution in [1.82, 2.24) is 24.8 Å². The molecule has 10 heteroatoms. The molecule has 2 aliphatic rings. The molecule has 2 saturated heterocycles. The van der Waals surface area contributed by atoms with E-state index in [1.54, 1.807) is 4.90 Å². The number of imidazole rings is 1. The zero-order valence-electron chi connectivity index (χ0n) is 12.0. The summed E-state index contributed by atoms with van der Waals surface area (Å²) in [7, 11) is 0. The Morgan fingerprint density at radius 2 is 1.91 bits per heavy atom. The summed E-state index contributed by atoms with van der Waals surface area (Å²) in [4.78, 5) is 18.9. The fourth-order valence-electron chi connectivity index (χ4n) is 3.65. The molecule has 0 aromatic carbocycles. The Morgan fingerprint density at radius 3 is 2.57 bits per heavy atom. The van der Waals surface area contributed by atoms with Gasteiger partial charge in [-0.1, -0.05) is 0 Å². The summed E-state index contributed by atoms with van der Waals surface area (Å²) in [5.74, 6) is 0.612. The van der Waals surface area contributed by atoms with Crippen LogP contribution < -0.4 is 4.90 Å². The van der Waals surface area contributed by atoms with Crippen LogP contribution in [-0.4, -0.2) is 62.7 Å². The number of hydrogen-bond acceptors (Lipinski definition) is 5. The van der Waals surface area contributed by atoms with E-state index >= 15 is 0 Å². The summed E-state index contributed by atoms with van der Waals surface area (Å²) in [6, 6.07) is -0.246. The Balaban J connectivity index is 1.62. The number of H-pyrrole nitrogens is 1. The van der Waals surface area contributed by atoms with Crippen LogP contribution in [0.25, 0.3) is 11.2 Å². The van der Waals surface area contributed by atoms with Gasteiger partial charge in [-0.15, -0.1) is 0 Å². The van der Waals surface area contributed by atoms with Gasteiger partial charge in [-0.05, 0) is 24.4 Å². The van der Waals surface area contributed by atoms with E-state index in [-0.39, 0.29) is 17.4 Å². The Labute approximate surface area is 134 Å². The van der Waals surface area contributed by atoms with Gasteiger partial charge in [0.05, 0.1) is 12.9 Å². The van der Waals surface area contributed by atoms with Crippen molar-refractivity contribution in [3.05, 3.63) is 11.6 Å². The number of nitrogens with zero attached hydrogens (tertiary/aromatic N) is 5. The van der Waals surface area contributed by atoms with E-state index in [0.717, 1.165) is 12.8 Å². The lowest BCUT2D eigenvalue weighted by molar-refractivity contribution is -0.153. The summed E-state index contributed by atoms with van der Waals surface area (Å²) in [6.45, 7) is 0.141. The quantitative estimate of drug-likeness (QED) is 0.845. The van der Waals surface area contributed by atoms with Gasteiger partial charge in [0.2, 0.25) is 5.28 Å². The second-order valence-corrected chi connectivity index (χ2v) is 6.33. The van der Waals surface area contributed by atoms with Crippen LogP contribution in [-0.2, 0) is 0 Å². The fraction of sp³-hybridized carbons (Fsp3) is 0.615. The SMILES string of the molecule is FC(F)(F)CN1C2CCC1CN(c1nc(Cl)nc3nc[nH]c13)C2. The Morgan fingerprint density at radius 1 is 1.22 bits per heavy atom. The molecule has 124 valence electrons. The van der Waals surface area contributed by atoms with Crippen LogP contribution in [0.5, 0.6) is 0 Å². The number of nitrogens with one attached hydrogen (secondary N) is 1. The molecule has 0 radical (unpaired) electrons. The van der Waals surface area contributed by atoms with Gasteiger partial charge in [-0.2, -0.15) is 23.1 Å². The summed E-state index contributed by atoms with van der Waals surface area (Å²) in [5.41, 5.74) is 1.13. The number of rotatable bonds is 2. The van der Waals surface area contributed by atoms with Gasteiger partial charge in [0.1, 0.15) is 5.52 Å². The Hall–Kier alpha value is -1.61. The van der Waals surface area contributed by atoms with E-state index in [1.807, 2.05) is 4.90 Å². The molecule has 0 saturated carbocycles. The third-order valence-electron chi connectivity index (χ3n) is 4.53. The minimum Gasteiger partial charge on any atom is -0.352 e. The summed E-state index contributed by atoms with van der Waals surface area (Å²) >= 11 is 5.94. The maximum atomic E-state index is 12.7. The van der Waals surface area contributed by atoms with Gasteiger partial charge >= 0.3 is 6.18 Å². The number of aromatic amines is 1. The molecule has 23 heavy (non-hydrogen) atoms. The van der Waals surface area contributed by atoms with Crippen LogP contribution in [0.3, 0.4) is 0 Å². The molecule has 1 N–H and O–H groups in total. The highest BCUT2D eigenvalue weighted by Gasteiger charge is 2.45. The number of halogens is 4. The molecule has 4 heterocycles. The summed E-state index contributed by atoms with van der Waals surface area (Å²) in [5, 5.41) is 0.0877. The zero-order chi connectivity index (χ0) is 16.2. The van der Waals surface area contributed by atoms with Crippen molar-refractivity contribution in [3.8, 4) is 0 Å². The molecule has 0 spiro atoms. The molecular weight excluding hydrogens is 333 g/mol. The Bertz CT molecular complexity index is 718. The monoisotopic (exact) mass is 346 g/mol. The van der Waals surface area contributed by atoms with Crippen molar-refractivity contribution in [3.63, 3.8) is 0 Å². The summed E-state index contributed by atoms with van der Waals surface area (Å²) in [6.07, 6.45) is -1.13. The average Bonchev–Trinajstić information content (AvgIpc) is 2.98. The van der Waals surface area contributed by atoms with E-state index in [2.05, 4.69) is 19.9 Å². The van der Waals surface area contributed by atoms with Crippen molar-refractivity contribution < 1.29 is 13.2 Å². The summed E-state index contributed by atoms with van der Waals surface area (Å²) < 4.78 is 38.2.